The summed E-state index contributed by atoms with van der Waals surface area (Å²) in [6.45, 7) is 4.39. The van der Waals surface area contributed by atoms with E-state index in [9.17, 15) is 19.0 Å². The summed E-state index contributed by atoms with van der Waals surface area (Å²) in [6.07, 6.45) is 27.3. The molecular formula is C37H75NO8P+. The zero-order valence-corrected chi connectivity index (χ0v) is 32.2. The highest BCUT2D eigenvalue weighted by Gasteiger charge is 2.27. The number of phosphoric acid groups is 1. The minimum Gasteiger partial charge on any atom is -0.462 e. The van der Waals surface area contributed by atoms with Gasteiger partial charge in [-0.25, -0.2) is 4.57 Å². The number of esters is 2. The maximum absolute atomic E-state index is 12.5. The van der Waals surface area contributed by atoms with E-state index in [0.717, 1.165) is 32.1 Å². The average molecular weight is 693 g/mol. The Morgan fingerprint density at radius 2 is 0.957 bits per heavy atom. The van der Waals surface area contributed by atoms with Crippen molar-refractivity contribution in [2.24, 2.45) is 0 Å². The highest BCUT2D eigenvalue weighted by Crippen LogP contribution is 2.43. The molecule has 0 aromatic rings. The third kappa shape index (κ3) is 34.7. The standard InChI is InChI=1S/C37H74NO8P/c1-6-8-10-12-14-16-17-18-19-20-21-22-24-25-27-29-36(39)43-33-35(34-45-47(41,42)44-32-31-38(3,4)5)46-37(40)30-28-26-23-15-13-11-9-7-2/h35H,6-34H2,1-5H3/p+1. The highest BCUT2D eigenvalue weighted by molar-refractivity contribution is 7.47. The van der Waals surface area contributed by atoms with E-state index >= 15 is 0 Å². The van der Waals surface area contributed by atoms with Gasteiger partial charge in [-0.15, -0.1) is 0 Å². The highest BCUT2D eigenvalue weighted by atomic mass is 31.2. The number of rotatable bonds is 35. The van der Waals surface area contributed by atoms with Crippen LogP contribution in [0, 0.1) is 0 Å². The molecule has 0 saturated carbocycles. The van der Waals surface area contributed by atoms with Gasteiger partial charge in [0.15, 0.2) is 6.10 Å². The molecule has 280 valence electrons. The molecule has 1 N–H and O–H groups in total. The SMILES string of the molecule is CCCCCCCCCCCCCCCCCC(=O)OCC(COP(=O)(O)OCC[N+](C)(C)C)OC(=O)CCCCCCCCCC. The van der Waals surface area contributed by atoms with Crippen molar-refractivity contribution < 1.29 is 42.1 Å². The van der Waals surface area contributed by atoms with Crippen LogP contribution in [0.15, 0.2) is 0 Å². The van der Waals surface area contributed by atoms with Gasteiger partial charge in [0.25, 0.3) is 0 Å². The van der Waals surface area contributed by atoms with Gasteiger partial charge in [0.2, 0.25) is 0 Å². The maximum Gasteiger partial charge on any atom is 0.472 e. The molecule has 10 heteroatoms. The summed E-state index contributed by atoms with van der Waals surface area (Å²) in [5.74, 6) is -0.794. The number of phosphoric ester groups is 1. The Labute approximate surface area is 289 Å². The molecule has 0 bridgehead atoms. The predicted octanol–water partition coefficient (Wildman–Crippen LogP) is 10.1. The smallest absolute Gasteiger partial charge is 0.462 e. The molecule has 47 heavy (non-hydrogen) atoms. The largest absolute Gasteiger partial charge is 0.472 e. The van der Waals surface area contributed by atoms with Crippen LogP contribution in [0.4, 0.5) is 0 Å². The molecule has 0 aliphatic carbocycles. The lowest BCUT2D eigenvalue weighted by Gasteiger charge is -2.24. The Morgan fingerprint density at radius 1 is 0.574 bits per heavy atom. The van der Waals surface area contributed by atoms with Gasteiger partial charge in [-0.3, -0.25) is 18.6 Å². The second-order valence-corrected chi connectivity index (χ2v) is 15.8. The zero-order chi connectivity index (χ0) is 35.1. The Bertz CT molecular complexity index is 789. The normalized spacial score (nSPS) is 13.7. The molecule has 9 nitrogen and oxygen atoms in total. The quantitative estimate of drug-likeness (QED) is 0.0303. The summed E-state index contributed by atoms with van der Waals surface area (Å²) < 4.78 is 34.1. The molecule has 0 fully saturated rings. The Hall–Kier alpha value is -0.990. The number of carbonyl (C=O) groups excluding carboxylic acids is 2. The van der Waals surface area contributed by atoms with Crippen LogP contribution < -0.4 is 0 Å². The topological polar surface area (TPSA) is 108 Å². The molecule has 0 aliphatic heterocycles. The van der Waals surface area contributed by atoms with Crippen LogP contribution in [-0.4, -0.2) is 74.9 Å². The van der Waals surface area contributed by atoms with Gasteiger partial charge in [-0.2, -0.15) is 0 Å². The van der Waals surface area contributed by atoms with Crippen molar-refractivity contribution in [3.05, 3.63) is 0 Å². The van der Waals surface area contributed by atoms with Crippen LogP contribution in [0.5, 0.6) is 0 Å². The predicted molar refractivity (Wildman–Crippen MR) is 192 cm³/mol. The number of likely N-dealkylation sites (N-methyl/N-ethyl adjacent to an activating group) is 1. The molecule has 2 unspecified atom stereocenters. The monoisotopic (exact) mass is 693 g/mol. The van der Waals surface area contributed by atoms with Crippen LogP contribution in [-0.2, 0) is 32.7 Å². The van der Waals surface area contributed by atoms with Gasteiger partial charge in [-0.1, -0.05) is 149 Å². The fraction of sp³-hybridized carbons (Fsp3) is 0.946. The number of carbonyl (C=O) groups is 2. The minimum absolute atomic E-state index is 0.0361. The molecule has 0 rings (SSSR count). The summed E-state index contributed by atoms with van der Waals surface area (Å²) in [5.41, 5.74) is 0. The first-order chi connectivity index (χ1) is 22.5. The number of hydrogen-bond donors (Lipinski definition) is 1. The van der Waals surface area contributed by atoms with E-state index in [1.165, 1.54) is 109 Å². The van der Waals surface area contributed by atoms with Crippen molar-refractivity contribution in [2.75, 3.05) is 47.5 Å². The van der Waals surface area contributed by atoms with Crippen molar-refractivity contribution in [3.63, 3.8) is 0 Å². The molecule has 0 radical (unpaired) electrons. The first kappa shape index (κ1) is 46.0. The van der Waals surface area contributed by atoms with Crippen molar-refractivity contribution in [3.8, 4) is 0 Å². The second-order valence-electron chi connectivity index (χ2n) is 14.3. The first-order valence-electron chi connectivity index (χ1n) is 19.3. The van der Waals surface area contributed by atoms with Crippen LogP contribution in [0.3, 0.4) is 0 Å². The van der Waals surface area contributed by atoms with Crippen LogP contribution in [0.2, 0.25) is 0 Å². The molecule has 2 atom stereocenters. The van der Waals surface area contributed by atoms with Gasteiger partial charge in [0, 0.05) is 12.8 Å². The Kier molecular flexibility index (Phi) is 30.4. The molecule has 0 aliphatic rings. The molecular weight excluding hydrogens is 617 g/mol. The minimum atomic E-state index is -4.35. The fourth-order valence-electron chi connectivity index (χ4n) is 5.31. The van der Waals surface area contributed by atoms with E-state index in [0.29, 0.717) is 23.9 Å². The van der Waals surface area contributed by atoms with E-state index in [2.05, 4.69) is 13.8 Å². The summed E-state index contributed by atoms with van der Waals surface area (Å²) in [6, 6.07) is 0. The number of nitrogens with zero attached hydrogens (tertiary/aromatic N) is 1. The average Bonchev–Trinajstić information content (AvgIpc) is 3.01. The second kappa shape index (κ2) is 31.0. The van der Waals surface area contributed by atoms with Gasteiger partial charge in [-0.05, 0) is 12.8 Å². The maximum atomic E-state index is 12.5. The van der Waals surface area contributed by atoms with Crippen LogP contribution in [0.1, 0.15) is 174 Å². The Morgan fingerprint density at radius 3 is 1.36 bits per heavy atom. The summed E-state index contributed by atoms with van der Waals surface area (Å²) in [4.78, 5) is 35.0. The summed E-state index contributed by atoms with van der Waals surface area (Å²) in [7, 11) is 1.49. The van der Waals surface area contributed by atoms with Gasteiger partial charge >= 0.3 is 19.8 Å². The third-order valence-electron chi connectivity index (χ3n) is 8.39. The van der Waals surface area contributed by atoms with Crippen molar-refractivity contribution >= 4 is 19.8 Å². The zero-order valence-electron chi connectivity index (χ0n) is 31.3. The van der Waals surface area contributed by atoms with E-state index in [-0.39, 0.29) is 25.6 Å². The van der Waals surface area contributed by atoms with Gasteiger partial charge < -0.3 is 18.9 Å². The third-order valence-corrected chi connectivity index (χ3v) is 9.37. The van der Waals surface area contributed by atoms with Crippen LogP contribution in [0.25, 0.3) is 0 Å². The lowest BCUT2D eigenvalue weighted by atomic mass is 10.0. The number of hydrogen-bond acceptors (Lipinski definition) is 7. The van der Waals surface area contributed by atoms with Gasteiger partial charge in [0.05, 0.1) is 27.7 Å². The van der Waals surface area contributed by atoms with Crippen molar-refractivity contribution in [1.29, 1.82) is 0 Å². The van der Waals surface area contributed by atoms with E-state index < -0.39 is 26.5 Å². The lowest BCUT2D eigenvalue weighted by molar-refractivity contribution is -0.870. The summed E-state index contributed by atoms with van der Waals surface area (Å²) >= 11 is 0. The van der Waals surface area contributed by atoms with Gasteiger partial charge in [0.1, 0.15) is 19.8 Å². The molecule has 0 aromatic carbocycles. The number of ether oxygens (including phenoxy) is 2. The molecule has 0 heterocycles. The lowest BCUT2D eigenvalue weighted by Crippen LogP contribution is -2.37. The van der Waals surface area contributed by atoms with E-state index in [1.807, 2.05) is 21.1 Å². The molecule has 0 spiro atoms. The number of unbranched alkanes of at least 4 members (excludes halogenated alkanes) is 21. The fourth-order valence-corrected chi connectivity index (χ4v) is 6.05. The first-order valence-corrected chi connectivity index (χ1v) is 20.8. The number of quaternary nitrogens is 1. The van der Waals surface area contributed by atoms with Crippen molar-refractivity contribution in [2.45, 2.75) is 180 Å². The Balaban J connectivity index is 4.33. The van der Waals surface area contributed by atoms with E-state index in [4.69, 9.17) is 18.5 Å². The van der Waals surface area contributed by atoms with E-state index in [1.54, 1.807) is 0 Å². The molecule has 0 saturated heterocycles. The van der Waals surface area contributed by atoms with Crippen molar-refractivity contribution in [1.82, 2.24) is 0 Å². The summed E-state index contributed by atoms with van der Waals surface area (Å²) in [5, 5.41) is 0. The molecule has 0 amide bonds. The molecule has 0 aromatic heterocycles. The van der Waals surface area contributed by atoms with Crippen LogP contribution >= 0.6 is 7.82 Å².